The largest absolute Gasteiger partial charge is 0.457 e. The van der Waals surface area contributed by atoms with Crippen LogP contribution in [-0.2, 0) is 14.3 Å². The van der Waals surface area contributed by atoms with Crippen molar-refractivity contribution in [2.24, 2.45) is 0 Å². The van der Waals surface area contributed by atoms with Crippen LogP contribution in [-0.4, -0.2) is 37.0 Å². The van der Waals surface area contributed by atoms with E-state index in [1.807, 2.05) is 0 Å². The molecule has 1 unspecified atom stereocenters. The Morgan fingerprint density at radius 3 is 1.42 bits per heavy atom. The van der Waals surface area contributed by atoms with Crippen LogP contribution >= 0.6 is 0 Å². The molecule has 0 rings (SSSR count). The first-order chi connectivity index (χ1) is 23.7. The lowest BCUT2D eigenvalue weighted by Crippen LogP contribution is -2.27. The van der Waals surface area contributed by atoms with Crippen molar-refractivity contribution >= 4 is 5.97 Å². The van der Waals surface area contributed by atoms with E-state index < -0.39 is 6.10 Å². The van der Waals surface area contributed by atoms with Crippen LogP contribution in [0.25, 0.3) is 0 Å². The summed E-state index contributed by atoms with van der Waals surface area (Å²) in [5.74, 6) is -0.221. The predicted molar refractivity (Wildman–Crippen MR) is 209 cm³/mol. The molecule has 4 heteroatoms. The van der Waals surface area contributed by atoms with Gasteiger partial charge in [0, 0.05) is 13.0 Å². The zero-order chi connectivity index (χ0) is 34.9. The van der Waals surface area contributed by atoms with E-state index in [0.717, 1.165) is 70.6 Å². The van der Waals surface area contributed by atoms with Gasteiger partial charge in [-0.2, -0.15) is 0 Å². The first-order valence-corrected chi connectivity index (χ1v) is 20.0. The third-order valence-corrected chi connectivity index (χ3v) is 8.27. The Morgan fingerprint density at radius 1 is 0.521 bits per heavy atom. The fourth-order valence-electron chi connectivity index (χ4n) is 5.29. The lowest BCUT2D eigenvalue weighted by Gasteiger charge is -2.15. The van der Waals surface area contributed by atoms with Crippen LogP contribution in [0.2, 0.25) is 0 Å². The molecule has 0 saturated heterocycles. The summed E-state index contributed by atoms with van der Waals surface area (Å²) in [6, 6.07) is 0. The Morgan fingerprint density at radius 2 is 0.938 bits per heavy atom. The van der Waals surface area contributed by atoms with Gasteiger partial charge in [-0.15, -0.1) is 0 Å². The SMILES string of the molecule is CC/C=C\C/C=C\C/C=C\C/C=C\CCCCCCCCCOCC(CO)OC(=O)CCCCCCC/C=C\C/C=C\CCCCCC. The monoisotopic (exact) mass is 669 g/mol. The van der Waals surface area contributed by atoms with E-state index in [1.54, 1.807) is 0 Å². The number of rotatable bonds is 36. The molecule has 0 aromatic carbocycles. The normalized spacial score (nSPS) is 13.1. The second-order valence-corrected chi connectivity index (χ2v) is 13.0. The van der Waals surface area contributed by atoms with E-state index in [1.165, 1.54) is 83.5 Å². The maximum absolute atomic E-state index is 12.2. The van der Waals surface area contributed by atoms with Crippen molar-refractivity contribution in [1.82, 2.24) is 0 Å². The van der Waals surface area contributed by atoms with Crippen molar-refractivity contribution in [2.45, 2.75) is 180 Å². The Bertz CT molecular complexity index is 835. The van der Waals surface area contributed by atoms with Gasteiger partial charge in [-0.1, -0.05) is 157 Å². The number of carbonyl (C=O) groups is 1. The van der Waals surface area contributed by atoms with Crippen LogP contribution in [0, 0.1) is 0 Å². The summed E-state index contributed by atoms with van der Waals surface area (Å²) < 4.78 is 11.1. The Kier molecular flexibility index (Phi) is 39.1. The third kappa shape index (κ3) is 38.3. The van der Waals surface area contributed by atoms with Gasteiger partial charge in [0.2, 0.25) is 0 Å². The van der Waals surface area contributed by atoms with E-state index in [0.29, 0.717) is 13.0 Å². The maximum atomic E-state index is 12.2. The van der Waals surface area contributed by atoms with Gasteiger partial charge in [0.15, 0.2) is 0 Å². The molecule has 1 N–H and O–H groups in total. The van der Waals surface area contributed by atoms with Crippen LogP contribution in [0.5, 0.6) is 0 Å². The Balaban J connectivity index is 3.51. The molecular weight excluding hydrogens is 592 g/mol. The lowest BCUT2D eigenvalue weighted by molar-refractivity contribution is -0.154. The van der Waals surface area contributed by atoms with E-state index in [4.69, 9.17) is 9.47 Å². The van der Waals surface area contributed by atoms with Crippen LogP contribution in [0.3, 0.4) is 0 Å². The van der Waals surface area contributed by atoms with Crippen LogP contribution < -0.4 is 0 Å². The first kappa shape index (κ1) is 45.8. The topological polar surface area (TPSA) is 55.8 Å². The quantitative estimate of drug-likeness (QED) is 0.0410. The summed E-state index contributed by atoms with van der Waals surface area (Å²) in [5, 5.41) is 9.58. The molecule has 0 aliphatic rings. The molecule has 1 atom stereocenters. The van der Waals surface area contributed by atoms with Gasteiger partial charge in [0.05, 0.1) is 13.2 Å². The highest BCUT2D eigenvalue weighted by atomic mass is 16.6. The minimum atomic E-state index is -0.551. The number of aliphatic hydroxyl groups is 1. The molecule has 0 aliphatic heterocycles. The zero-order valence-electron chi connectivity index (χ0n) is 31.5. The smallest absolute Gasteiger partial charge is 0.306 e. The molecule has 0 bridgehead atoms. The van der Waals surface area contributed by atoms with Gasteiger partial charge < -0.3 is 14.6 Å². The molecule has 48 heavy (non-hydrogen) atoms. The van der Waals surface area contributed by atoms with Gasteiger partial charge in [-0.25, -0.2) is 0 Å². The van der Waals surface area contributed by atoms with Crippen molar-refractivity contribution in [2.75, 3.05) is 19.8 Å². The maximum Gasteiger partial charge on any atom is 0.306 e. The Hall–Kier alpha value is -2.17. The molecule has 0 saturated carbocycles. The molecule has 0 aliphatic carbocycles. The van der Waals surface area contributed by atoms with Crippen LogP contribution in [0.4, 0.5) is 0 Å². The van der Waals surface area contributed by atoms with Gasteiger partial charge in [0.1, 0.15) is 6.10 Å². The molecule has 0 spiro atoms. The van der Waals surface area contributed by atoms with Gasteiger partial charge >= 0.3 is 5.97 Å². The fraction of sp³-hybridized carbons (Fsp3) is 0.705. The average molecular weight is 669 g/mol. The number of esters is 1. The molecule has 4 nitrogen and oxygen atoms in total. The van der Waals surface area contributed by atoms with Gasteiger partial charge in [-0.05, 0) is 83.5 Å². The molecular formula is C44H76O4. The summed E-state index contributed by atoms with van der Waals surface area (Å²) >= 11 is 0. The Labute approximate surface area is 297 Å². The minimum absolute atomic E-state index is 0.186. The predicted octanol–water partition coefficient (Wildman–Crippen LogP) is 13.0. The summed E-state index contributed by atoms with van der Waals surface area (Å²) in [5.41, 5.74) is 0. The van der Waals surface area contributed by atoms with E-state index in [2.05, 4.69) is 86.8 Å². The fourth-order valence-corrected chi connectivity index (χ4v) is 5.29. The summed E-state index contributed by atoms with van der Waals surface area (Å²) in [6.07, 6.45) is 55.2. The van der Waals surface area contributed by atoms with Crippen molar-refractivity contribution in [1.29, 1.82) is 0 Å². The average Bonchev–Trinajstić information content (AvgIpc) is 3.09. The zero-order valence-corrected chi connectivity index (χ0v) is 31.5. The number of ether oxygens (including phenoxy) is 2. The standard InChI is InChI=1S/C44H76O4/c1-3-5-7-9-11-13-15-17-19-21-22-23-24-26-28-30-32-34-36-38-40-47-42-43(41-45)48-44(46)39-37-35-33-31-29-27-25-20-18-16-14-12-10-8-6-4-2/h5,7,11,13-14,16-17,19-20,22-23,25,43,45H,3-4,6,8-10,12,15,18,21,24,26-42H2,1-2H3/b7-5-,13-11-,16-14-,19-17-,23-22-,25-20-. The van der Waals surface area contributed by atoms with E-state index >= 15 is 0 Å². The summed E-state index contributed by atoms with van der Waals surface area (Å²) in [7, 11) is 0. The molecule has 0 aromatic rings. The highest BCUT2D eigenvalue weighted by molar-refractivity contribution is 5.69. The first-order valence-electron chi connectivity index (χ1n) is 20.0. The molecule has 0 fully saturated rings. The third-order valence-electron chi connectivity index (χ3n) is 8.27. The van der Waals surface area contributed by atoms with Crippen molar-refractivity contribution in [3.63, 3.8) is 0 Å². The number of unbranched alkanes of at least 4 members (excludes halogenated alkanes) is 16. The second kappa shape index (κ2) is 41.0. The molecule has 0 aromatic heterocycles. The highest BCUT2D eigenvalue weighted by Crippen LogP contribution is 2.11. The summed E-state index contributed by atoms with van der Waals surface area (Å²) in [6.45, 7) is 5.17. The van der Waals surface area contributed by atoms with Crippen molar-refractivity contribution in [3.05, 3.63) is 72.9 Å². The highest BCUT2D eigenvalue weighted by Gasteiger charge is 2.13. The lowest BCUT2D eigenvalue weighted by atomic mass is 10.1. The molecule has 0 radical (unpaired) electrons. The minimum Gasteiger partial charge on any atom is -0.457 e. The van der Waals surface area contributed by atoms with Gasteiger partial charge in [-0.3, -0.25) is 4.79 Å². The van der Waals surface area contributed by atoms with Gasteiger partial charge in [0.25, 0.3) is 0 Å². The number of allylic oxidation sites excluding steroid dienone is 12. The number of hydrogen-bond donors (Lipinski definition) is 1. The van der Waals surface area contributed by atoms with E-state index in [-0.39, 0.29) is 19.2 Å². The second-order valence-electron chi connectivity index (χ2n) is 13.0. The molecule has 0 heterocycles. The molecule has 0 amide bonds. The van der Waals surface area contributed by atoms with Crippen LogP contribution in [0.1, 0.15) is 174 Å². The number of aliphatic hydroxyl groups excluding tert-OH is 1. The molecule has 276 valence electrons. The van der Waals surface area contributed by atoms with E-state index in [9.17, 15) is 9.90 Å². The number of hydrogen-bond acceptors (Lipinski definition) is 4. The van der Waals surface area contributed by atoms with Crippen molar-refractivity contribution < 1.29 is 19.4 Å². The van der Waals surface area contributed by atoms with Crippen LogP contribution in [0.15, 0.2) is 72.9 Å². The number of carbonyl (C=O) groups excluding carboxylic acids is 1. The summed E-state index contributed by atoms with van der Waals surface area (Å²) in [4.78, 5) is 12.2. The van der Waals surface area contributed by atoms with Crippen molar-refractivity contribution in [3.8, 4) is 0 Å².